The Bertz CT molecular complexity index is 673. The molecule has 2 aromatic carbocycles. The second kappa shape index (κ2) is 6.44. The molecule has 0 saturated carbocycles. The van der Waals surface area contributed by atoms with Gasteiger partial charge in [-0.05, 0) is 24.6 Å². The summed E-state index contributed by atoms with van der Waals surface area (Å²) in [4.78, 5) is 10.8. The van der Waals surface area contributed by atoms with E-state index in [1.807, 2.05) is 18.2 Å². The van der Waals surface area contributed by atoms with Crippen molar-refractivity contribution in [3.8, 4) is 11.5 Å². The van der Waals surface area contributed by atoms with Crippen molar-refractivity contribution in [2.45, 2.75) is 13.0 Å². The van der Waals surface area contributed by atoms with Crippen molar-refractivity contribution in [2.75, 3.05) is 13.3 Å². The van der Waals surface area contributed by atoms with Gasteiger partial charge in [0.25, 0.3) is 5.69 Å². The zero-order valence-corrected chi connectivity index (χ0v) is 12.0. The highest BCUT2D eigenvalue weighted by Crippen LogP contribution is 2.37. The van der Waals surface area contributed by atoms with Crippen molar-refractivity contribution in [3.05, 3.63) is 63.7 Å². The number of ether oxygens (including phenoxy) is 2. The molecule has 0 aliphatic carbocycles. The third-order valence-electron chi connectivity index (χ3n) is 3.52. The topological polar surface area (TPSA) is 73.6 Å². The minimum Gasteiger partial charge on any atom is -0.454 e. The minimum absolute atomic E-state index is 0.0523. The van der Waals surface area contributed by atoms with E-state index in [9.17, 15) is 10.1 Å². The molecule has 0 amide bonds. The normalized spacial score (nSPS) is 12.4. The summed E-state index contributed by atoms with van der Waals surface area (Å²) in [5.74, 6) is 0.991. The lowest BCUT2D eigenvalue weighted by molar-refractivity contribution is -0.385. The molecular formula is C16H16N2O4. The summed E-state index contributed by atoms with van der Waals surface area (Å²) in [7, 11) is 0. The van der Waals surface area contributed by atoms with Crippen molar-refractivity contribution < 1.29 is 14.4 Å². The van der Waals surface area contributed by atoms with E-state index in [0.29, 0.717) is 23.6 Å². The van der Waals surface area contributed by atoms with Crippen LogP contribution in [0.5, 0.6) is 11.5 Å². The second-order valence-corrected chi connectivity index (χ2v) is 5.00. The van der Waals surface area contributed by atoms with Gasteiger partial charge in [-0.1, -0.05) is 30.3 Å². The molecule has 0 aromatic heterocycles. The standard InChI is InChI=1S/C16H16N2O4/c19-18(20)14-9-16-15(21-11-22-16)8-13(14)10-17-7-6-12-4-2-1-3-5-12/h1-5,8-9,17H,6-7,10-11H2. The molecule has 1 aliphatic rings. The van der Waals surface area contributed by atoms with Crippen LogP contribution in [0.1, 0.15) is 11.1 Å². The van der Waals surface area contributed by atoms with Crippen LogP contribution in [0.15, 0.2) is 42.5 Å². The number of nitro groups is 1. The van der Waals surface area contributed by atoms with E-state index in [1.54, 1.807) is 6.07 Å². The molecule has 0 unspecified atom stereocenters. The average molecular weight is 300 g/mol. The van der Waals surface area contributed by atoms with Crippen LogP contribution in [-0.2, 0) is 13.0 Å². The van der Waals surface area contributed by atoms with Gasteiger partial charge in [0.1, 0.15) is 0 Å². The molecule has 1 heterocycles. The van der Waals surface area contributed by atoms with Crippen LogP contribution in [0.4, 0.5) is 5.69 Å². The molecule has 3 rings (SSSR count). The van der Waals surface area contributed by atoms with Crippen LogP contribution in [-0.4, -0.2) is 18.3 Å². The SMILES string of the molecule is O=[N+]([O-])c1cc2c(cc1CNCCc1ccccc1)OCO2. The van der Waals surface area contributed by atoms with E-state index in [-0.39, 0.29) is 12.5 Å². The van der Waals surface area contributed by atoms with Gasteiger partial charge in [0.2, 0.25) is 6.79 Å². The van der Waals surface area contributed by atoms with Crippen LogP contribution in [0.2, 0.25) is 0 Å². The number of rotatable bonds is 6. The summed E-state index contributed by atoms with van der Waals surface area (Å²) in [6.07, 6.45) is 0.874. The first-order valence-corrected chi connectivity index (χ1v) is 7.05. The fourth-order valence-corrected chi connectivity index (χ4v) is 2.39. The van der Waals surface area contributed by atoms with Gasteiger partial charge in [-0.25, -0.2) is 0 Å². The van der Waals surface area contributed by atoms with Gasteiger partial charge in [0.05, 0.1) is 11.0 Å². The predicted molar refractivity (Wildman–Crippen MR) is 81.1 cm³/mol. The third kappa shape index (κ3) is 3.17. The Labute approximate surface area is 127 Å². The fourth-order valence-electron chi connectivity index (χ4n) is 2.39. The van der Waals surface area contributed by atoms with Crippen molar-refractivity contribution in [2.24, 2.45) is 0 Å². The van der Waals surface area contributed by atoms with E-state index in [1.165, 1.54) is 11.6 Å². The number of hydrogen-bond donors (Lipinski definition) is 1. The largest absolute Gasteiger partial charge is 0.454 e. The van der Waals surface area contributed by atoms with Gasteiger partial charge in [-0.3, -0.25) is 10.1 Å². The Morgan fingerprint density at radius 2 is 1.86 bits per heavy atom. The first-order chi connectivity index (χ1) is 10.7. The highest BCUT2D eigenvalue weighted by atomic mass is 16.7. The molecule has 0 fully saturated rings. The number of fused-ring (bicyclic) bond motifs is 1. The molecule has 1 aliphatic heterocycles. The van der Waals surface area contributed by atoms with Gasteiger partial charge in [0.15, 0.2) is 11.5 Å². The highest BCUT2D eigenvalue weighted by Gasteiger charge is 2.22. The lowest BCUT2D eigenvalue weighted by Gasteiger charge is -2.07. The van der Waals surface area contributed by atoms with Crippen molar-refractivity contribution >= 4 is 5.69 Å². The van der Waals surface area contributed by atoms with E-state index in [0.717, 1.165) is 13.0 Å². The van der Waals surface area contributed by atoms with E-state index >= 15 is 0 Å². The quantitative estimate of drug-likeness (QED) is 0.504. The molecule has 0 atom stereocenters. The minimum atomic E-state index is -0.393. The molecule has 22 heavy (non-hydrogen) atoms. The van der Waals surface area contributed by atoms with Crippen LogP contribution in [0.3, 0.4) is 0 Å². The maximum Gasteiger partial charge on any atom is 0.277 e. The lowest BCUT2D eigenvalue weighted by Crippen LogP contribution is -2.17. The fraction of sp³-hybridized carbons (Fsp3) is 0.250. The van der Waals surface area contributed by atoms with Gasteiger partial charge in [-0.15, -0.1) is 0 Å². The van der Waals surface area contributed by atoms with Crippen LogP contribution in [0, 0.1) is 10.1 Å². The molecular weight excluding hydrogens is 284 g/mol. The number of hydrogen-bond acceptors (Lipinski definition) is 5. The Morgan fingerprint density at radius 3 is 2.59 bits per heavy atom. The predicted octanol–water partition coefficient (Wildman–Crippen LogP) is 2.66. The lowest BCUT2D eigenvalue weighted by atomic mass is 10.1. The number of benzene rings is 2. The Hall–Kier alpha value is -2.60. The van der Waals surface area contributed by atoms with Crippen molar-refractivity contribution in [3.63, 3.8) is 0 Å². The van der Waals surface area contributed by atoms with E-state index in [2.05, 4.69) is 17.4 Å². The highest BCUT2D eigenvalue weighted by molar-refractivity contribution is 5.55. The molecule has 114 valence electrons. The summed E-state index contributed by atoms with van der Waals surface area (Å²) < 4.78 is 10.5. The molecule has 1 N–H and O–H groups in total. The Kier molecular flexibility index (Phi) is 4.20. The second-order valence-electron chi connectivity index (χ2n) is 5.00. The summed E-state index contributed by atoms with van der Waals surface area (Å²) >= 11 is 0. The first kappa shape index (κ1) is 14.3. The first-order valence-electron chi connectivity index (χ1n) is 7.05. The molecule has 0 bridgehead atoms. The van der Waals surface area contributed by atoms with Crippen molar-refractivity contribution in [1.29, 1.82) is 0 Å². The smallest absolute Gasteiger partial charge is 0.277 e. The Balaban J connectivity index is 1.63. The zero-order chi connectivity index (χ0) is 15.4. The summed E-state index contributed by atoms with van der Waals surface area (Å²) in [6, 6.07) is 13.2. The molecule has 0 saturated heterocycles. The van der Waals surface area contributed by atoms with E-state index in [4.69, 9.17) is 9.47 Å². The molecule has 6 nitrogen and oxygen atoms in total. The maximum atomic E-state index is 11.2. The average Bonchev–Trinajstić information content (AvgIpc) is 2.99. The maximum absolute atomic E-state index is 11.2. The van der Waals surface area contributed by atoms with Gasteiger partial charge < -0.3 is 14.8 Å². The molecule has 2 aromatic rings. The molecule has 0 radical (unpaired) electrons. The molecule has 0 spiro atoms. The monoisotopic (exact) mass is 300 g/mol. The van der Waals surface area contributed by atoms with Gasteiger partial charge in [0, 0.05) is 12.1 Å². The summed E-state index contributed by atoms with van der Waals surface area (Å²) in [6.45, 7) is 1.27. The number of nitrogens with one attached hydrogen (secondary N) is 1. The van der Waals surface area contributed by atoms with Crippen molar-refractivity contribution in [1.82, 2.24) is 5.32 Å². The number of nitro benzene ring substituents is 1. The Morgan fingerprint density at radius 1 is 1.14 bits per heavy atom. The summed E-state index contributed by atoms with van der Waals surface area (Å²) in [5.41, 5.74) is 1.88. The van der Waals surface area contributed by atoms with Gasteiger partial charge in [-0.2, -0.15) is 0 Å². The van der Waals surface area contributed by atoms with Gasteiger partial charge >= 0.3 is 0 Å². The van der Waals surface area contributed by atoms with E-state index < -0.39 is 4.92 Å². The van der Waals surface area contributed by atoms with Crippen LogP contribution >= 0.6 is 0 Å². The van der Waals surface area contributed by atoms with Crippen LogP contribution < -0.4 is 14.8 Å². The number of nitrogens with zero attached hydrogens (tertiary/aromatic N) is 1. The third-order valence-corrected chi connectivity index (χ3v) is 3.52. The molecule has 6 heteroatoms. The van der Waals surface area contributed by atoms with Crippen LogP contribution in [0.25, 0.3) is 0 Å². The summed E-state index contributed by atoms with van der Waals surface area (Å²) in [5, 5.41) is 14.4. The zero-order valence-electron chi connectivity index (χ0n) is 12.0.